The van der Waals surface area contributed by atoms with E-state index in [9.17, 15) is 0 Å². The number of nitrogens with zero attached hydrogens (tertiary/aromatic N) is 4. The van der Waals surface area contributed by atoms with E-state index >= 15 is 0 Å². The lowest BCUT2D eigenvalue weighted by atomic mass is 10.4. The largest absolute Gasteiger partial charge is 0.327 e. The first kappa shape index (κ1) is 7.02. The summed E-state index contributed by atoms with van der Waals surface area (Å²) in [6, 6.07) is 0. The van der Waals surface area contributed by atoms with Gasteiger partial charge in [0.2, 0.25) is 5.95 Å². The Hall–Kier alpha value is -1.43. The molecule has 0 aliphatic carbocycles. The molecule has 0 bridgehead atoms. The van der Waals surface area contributed by atoms with Gasteiger partial charge in [-0.25, -0.2) is 9.67 Å². The molecule has 3 heterocycles. The van der Waals surface area contributed by atoms with Gasteiger partial charge in [-0.2, -0.15) is 10.1 Å². The Labute approximate surface area is 78.4 Å². The maximum Gasteiger partial charge on any atom is 0.225 e. The maximum atomic E-state index is 4.38. The van der Waals surface area contributed by atoms with Gasteiger partial charge < -0.3 is 5.32 Å². The van der Waals surface area contributed by atoms with Gasteiger partial charge in [-0.15, -0.1) is 11.3 Å². The highest BCUT2D eigenvalue weighted by molar-refractivity contribution is 7.09. The predicted octanol–water partition coefficient (Wildman–Crippen LogP) is 1.02. The third kappa shape index (κ3) is 0.888. The summed E-state index contributed by atoms with van der Waals surface area (Å²) in [5, 5.41) is 10.3. The lowest BCUT2D eigenvalue weighted by Crippen LogP contribution is -2.32. The van der Waals surface area contributed by atoms with Crippen LogP contribution in [0.3, 0.4) is 0 Å². The minimum absolute atomic E-state index is 0.0937. The molecule has 3 rings (SSSR count). The molecule has 1 atom stereocenters. The Morgan fingerprint density at radius 3 is 3.23 bits per heavy atom. The lowest BCUT2D eigenvalue weighted by Gasteiger charge is -2.26. The molecule has 2 aromatic rings. The highest BCUT2D eigenvalue weighted by Gasteiger charge is 2.30. The Kier molecular flexibility index (Phi) is 1.24. The summed E-state index contributed by atoms with van der Waals surface area (Å²) in [5.41, 5.74) is 1.05. The SMILES string of the molecule is Cc1csc(C2Nc3ncnn32)n1. The van der Waals surface area contributed by atoms with Gasteiger partial charge in [-0.3, -0.25) is 0 Å². The second kappa shape index (κ2) is 2.29. The number of fused-ring (bicyclic) bond motifs is 1. The first-order valence-corrected chi connectivity index (χ1v) is 4.80. The maximum absolute atomic E-state index is 4.38. The average molecular weight is 193 g/mol. The first-order valence-electron chi connectivity index (χ1n) is 3.92. The zero-order valence-electron chi connectivity index (χ0n) is 6.93. The van der Waals surface area contributed by atoms with Gasteiger partial charge in [0.1, 0.15) is 11.3 Å². The zero-order chi connectivity index (χ0) is 8.84. The second-order valence-corrected chi connectivity index (χ2v) is 3.79. The van der Waals surface area contributed by atoms with Crippen LogP contribution >= 0.6 is 11.3 Å². The quantitative estimate of drug-likeness (QED) is 0.734. The van der Waals surface area contributed by atoms with Crippen molar-refractivity contribution in [1.82, 2.24) is 19.7 Å². The van der Waals surface area contributed by atoms with E-state index < -0.39 is 0 Å². The molecule has 0 aromatic carbocycles. The van der Waals surface area contributed by atoms with Gasteiger partial charge in [0.15, 0.2) is 6.17 Å². The third-order valence-electron chi connectivity index (χ3n) is 1.95. The summed E-state index contributed by atoms with van der Waals surface area (Å²) < 4.78 is 1.83. The van der Waals surface area contributed by atoms with E-state index in [1.54, 1.807) is 17.7 Å². The number of nitrogens with one attached hydrogen (secondary N) is 1. The van der Waals surface area contributed by atoms with Gasteiger partial charge in [-0.05, 0) is 6.92 Å². The van der Waals surface area contributed by atoms with Crippen molar-refractivity contribution in [3.8, 4) is 0 Å². The molecular weight excluding hydrogens is 186 g/mol. The predicted molar refractivity (Wildman–Crippen MR) is 48.6 cm³/mol. The van der Waals surface area contributed by atoms with Gasteiger partial charge in [-0.1, -0.05) is 0 Å². The average Bonchev–Trinajstić information content (AvgIpc) is 2.61. The number of hydrogen-bond acceptors (Lipinski definition) is 5. The molecule has 2 aromatic heterocycles. The van der Waals surface area contributed by atoms with Crippen molar-refractivity contribution in [2.45, 2.75) is 13.1 Å². The summed E-state index contributed by atoms with van der Waals surface area (Å²) >= 11 is 1.64. The molecule has 13 heavy (non-hydrogen) atoms. The third-order valence-corrected chi connectivity index (χ3v) is 2.97. The fourth-order valence-electron chi connectivity index (χ4n) is 1.32. The summed E-state index contributed by atoms with van der Waals surface area (Å²) in [4.78, 5) is 8.38. The summed E-state index contributed by atoms with van der Waals surface area (Å²) in [6.07, 6.45) is 1.64. The zero-order valence-corrected chi connectivity index (χ0v) is 7.75. The first-order chi connectivity index (χ1) is 6.34. The van der Waals surface area contributed by atoms with Crippen LogP contribution in [0.2, 0.25) is 0 Å². The van der Waals surface area contributed by atoms with E-state index in [0.29, 0.717) is 0 Å². The van der Waals surface area contributed by atoms with Crippen molar-refractivity contribution in [2.24, 2.45) is 0 Å². The highest BCUT2D eigenvalue weighted by Crippen LogP contribution is 2.31. The van der Waals surface area contributed by atoms with E-state index in [2.05, 4.69) is 20.4 Å². The smallest absolute Gasteiger partial charge is 0.225 e. The number of rotatable bonds is 1. The van der Waals surface area contributed by atoms with Crippen LogP contribution in [0, 0.1) is 6.92 Å². The fraction of sp³-hybridized carbons (Fsp3) is 0.286. The summed E-state index contributed by atoms with van der Waals surface area (Å²) in [6.45, 7) is 1.99. The molecule has 1 aliphatic rings. The summed E-state index contributed by atoms with van der Waals surface area (Å²) in [7, 11) is 0. The van der Waals surface area contributed by atoms with Gasteiger partial charge in [0, 0.05) is 11.1 Å². The fourth-order valence-corrected chi connectivity index (χ4v) is 2.15. The van der Waals surface area contributed by atoms with E-state index in [0.717, 1.165) is 16.6 Å². The van der Waals surface area contributed by atoms with Crippen LogP contribution < -0.4 is 5.32 Å². The molecule has 1 unspecified atom stereocenters. The lowest BCUT2D eigenvalue weighted by molar-refractivity contribution is 0.507. The highest BCUT2D eigenvalue weighted by atomic mass is 32.1. The standard InChI is InChI=1S/C7H7N5S/c1-4-2-13-6(10-4)5-11-7-8-3-9-12(5)7/h2-3,5H,1H3,(H,8,9,11). The van der Waals surface area contributed by atoms with Crippen LogP contribution in [0.15, 0.2) is 11.7 Å². The van der Waals surface area contributed by atoms with Crippen LogP contribution in [-0.4, -0.2) is 19.7 Å². The van der Waals surface area contributed by atoms with Crippen LogP contribution in [0.1, 0.15) is 16.9 Å². The van der Waals surface area contributed by atoms with E-state index in [1.807, 2.05) is 17.0 Å². The van der Waals surface area contributed by atoms with Crippen molar-refractivity contribution >= 4 is 17.3 Å². The molecule has 0 fully saturated rings. The number of aromatic nitrogens is 4. The van der Waals surface area contributed by atoms with Crippen LogP contribution in [0.25, 0.3) is 0 Å². The van der Waals surface area contributed by atoms with Gasteiger partial charge in [0.25, 0.3) is 0 Å². The molecule has 0 spiro atoms. The minimum Gasteiger partial charge on any atom is -0.327 e. The van der Waals surface area contributed by atoms with Crippen molar-refractivity contribution in [1.29, 1.82) is 0 Å². The minimum atomic E-state index is 0.0937. The molecule has 0 amide bonds. The molecule has 0 saturated heterocycles. The Balaban J connectivity index is 1.99. The Morgan fingerprint density at radius 2 is 2.54 bits per heavy atom. The van der Waals surface area contributed by atoms with Gasteiger partial charge >= 0.3 is 0 Å². The van der Waals surface area contributed by atoms with Crippen LogP contribution in [-0.2, 0) is 0 Å². The van der Waals surface area contributed by atoms with Crippen molar-refractivity contribution < 1.29 is 0 Å². The van der Waals surface area contributed by atoms with Crippen molar-refractivity contribution in [2.75, 3.05) is 5.32 Å². The molecule has 66 valence electrons. The van der Waals surface area contributed by atoms with E-state index in [1.165, 1.54) is 0 Å². The number of anilines is 1. The van der Waals surface area contributed by atoms with Crippen molar-refractivity contribution in [3.05, 3.63) is 22.4 Å². The molecule has 1 aliphatic heterocycles. The molecular formula is C7H7N5S. The van der Waals surface area contributed by atoms with E-state index in [-0.39, 0.29) is 6.17 Å². The number of aryl methyl sites for hydroxylation is 1. The molecule has 0 radical (unpaired) electrons. The molecule has 1 N–H and O–H groups in total. The molecule has 6 heteroatoms. The van der Waals surface area contributed by atoms with Crippen LogP contribution in [0.5, 0.6) is 0 Å². The summed E-state index contributed by atoms with van der Waals surface area (Å²) in [5.74, 6) is 0.817. The Morgan fingerprint density at radius 1 is 1.62 bits per heavy atom. The molecule has 0 saturated carbocycles. The topological polar surface area (TPSA) is 55.6 Å². The monoisotopic (exact) mass is 193 g/mol. The van der Waals surface area contributed by atoms with E-state index in [4.69, 9.17) is 0 Å². The molecule has 5 nitrogen and oxygen atoms in total. The second-order valence-electron chi connectivity index (χ2n) is 2.90. The normalized spacial score (nSPS) is 19.0. The van der Waals surface area contributed by atoms with Gasteiger partial charge in [0.05, 0.1) is 0 Å². The Bertz CT molecular complexity index is 445. The number of hydrogen-bond donors (Lipinski definition) is 1. The van der Waals surface area contributed by atoms with Crippen molar-refractivity contribution in [3.63, 3.8) is 0 Å². The van der Waals surface area contributed by atoms with Crippen LogP contribution in [0.4, 0.5) is 5.95 Å². The number of thiazole rings is 1.